The molecule has 1 amide bonds. The molecule has 2 aromatic carbocycles. The van der Waals surface area contributed by atoms with Crippen molar-refractivity contribution in [1.82, 2.24) is 4.57 Å². The molecule has 28 heavy (non-hydrogen) atoms. The van der Waals surface area contributed by atoms with E-state index >= 15 is 0 Å². The van der Waals surface area contributed by atoms with Gasteiger partial charge in [0.25, 0.3) is 11.5 Å². The maximum Gasteiger partial charge on any atom is 0.257 e. The first-order chi connectivity index (χ1) is 13.6. The average molecular weight is 376 g/mol. The van der Waals surface area contributed by atoms with E-state index in [0.29, 0.717) is 42.5 Å². The molecule has 0 spiro atoms. The molecular formula is C22H20N2O4. The van der Waals surface area contributed by atoms with Crippen LogP contribution < -0.4 is 20.3 Å². The third-order valence-corrected chi connectivity index (χ3v) is 4.48. The average Bonchev–Trinajstić information content (AvgIpc) is 2.69. The molecule has 1 N–H and O–H groups in total. The number of ether oxygens (including phenoxy) is 2. The van der Waals surface area contributed by atoms with Crippen LogP contribution in [-0.4, -0.2) is 23.7 Å². The van der Waals surface area contributed by atoms with Gasteiger partial charge in [-0.1, -0.05) is 29.8 Å². The number of hydrogen-bond acceptors (Lipinski definition) is 4. The standard InChI is InChI=1S/C22H20N2O4/c1-15-3-2-4-16(11-15)13-24-14-17(5-8-21(24)25)22(26)23-18-6-7-19-20(12-18)28-10-9-27-19/h2-8,11-12,14H,9-10,13H2,1H3,(H,23,26). The lowest BCUT2D eigenvalue weighted by molar-refractivity contribution is 0.102. The lowest BCUT2D eigenvalue weighted by Crippen LogP contribution is -2.22. The van der Waals surface area contributed by atoms with Crippen LogP contribution in [0.25, 0.3) is 0 Å². The summed E-state index contributed by atoms with van der Waals surface area (Å²) < 4.78 is 12.6. The maximum atomic E-state index is 12.7. The molecule has 1 aromatic heterocycles. The second-order valence-electron chi connectivity index (χ2n) is 6.69. The van der Waals surface area contributed by atoms with E-state index in [1.165, 1.54) is 16.7 Å². The van der Waals surface area contributed by atoms with Gasteiger partial charge < -0.3 is 19.4 Å². The molecule has 0 saturated carbocycles. The van der Waals surface area contributed by atoms with Crippen molar-refractivity contribution in [2.75, 3.05) is 18.5 Å². The zero-order chi connectivity index (χ0) is 19.5. The zero-order valence-corrected chi connectivity index (χ0v) is 15.5. The number of anilines is 1. The Morgan fingerprint density at radius 3 is 2.68 bits per heavy atom. The molecule has 2 heterocycles. The van der Waals surface area contributed by atoms with Crippen molar-refractivity contribution < 1.29 is 14.3 Å². The van der Waals surface area contributed by atoms with E-state index in [9.17, 15) is 9.59 Å². The molecule has 3 aromatic rings. The summed E-state index contributed by atoms with van der Waals surface area (Å²) in [5.74, 6) is 0.971. The Labute approximate surface area is 162 Å². The Hall–Kier alpha value is -3.54. The fourth-order valence-electron chi connectivity index (χ4n) is 3.12. The van der Waals surface area contributed by atoms with Gasteiger partial charge in [-0.25, -0.2) is 0 Å². The van der Waals surface area contributed by atoms with Crippen LogP contribution in [-0.2, 0) is 6.54 Å². The summed E-state index contributed by atoms with van der Waals surface area (Å²) in [6, 6.07) is 16.1. The minimum absolute atomic E-state index is 0.155. The van der Waals surface area contributed by atoms with E-state index in [2.05, 4.69) is 5.32 Å². The summed E-state index contributed by atoms with van der Waals surface area (Å²) in [7, 11) is 0. The minimum atomic E-state index is -0.297. The SMILES string of the molecule is Cc1cccc(Cn2cc(C(=O)Nc3ccc4c(c3)OCCO4)ccc2=O)c1. The maximum absolute atomic E-state index is 12.7. The lowest BCUT2D eigenvalue weighted by atomic mass is 10.1. The molecule has 0 unspecified atom stereocenters. The number of amides is 1. The van der Waals surface area contributed by atoms with Crippen LogP contribution in [0.1, 0.15) is 21.5 Å². The van der Waals surface area contributed by atoms with Crippen molar-refractivity contribution in [2.24, 2.45) is 0 Å². The number of benzene rings is 2. The number of fused-ring (bicyclic) bond motifs is 1. The Kier molecular flexibility index (Phi) is 4.85. The smallest absolute Gasteiger partial charge is 0.257 e. The van der Waals surface area contributed by atoms with E-state index in [0.717, 1.165) is 11.1 Å². The second kappa shape index (κ2) is 7.60. The molecule has 0 bridgehead atoms. The number of carbonyl (C=O) groups is 1. The van der Waals surface area contributed by atoms with Crippen LogP contribution in [0, 0.1) is 6.92 Å². The van der Waals surface area contributed by atoms with Crippen molar-refractivity contribution in [3.8, 4) is 11.5 Å². The zero-order valence-electron chi connectivity index (χ0n) is 15.5. The highest BCUT2D eigenvalue weighted by molar-refractivity contribution is 6.04. The summed E-state index contributed by atoms with van der Waals surface area (Å²) in [5.41, 5.74) is 2.98. The van der Waals surface area contributed by atoms with Gasteiger partial charge in [-0.2, -0.15) is 0 Å². The normalized spacial score (nSPS) is 12.5. The molecular weight excluding hydrogens is 356 g/mol. The molecule has 1 aliphatic rings. The summed E-state index contributed by atoms with van der Waals surface area (Å²) in [4.78, 5) is 24.9. The summed E-state index contributed by atoms with van der Waals surface area (Å²) in [6.45, 7) is 3.41. The fraction of sp³-hybridized carbons (Fsp3) is 0.182. The molecule has 0 radical (unpaired) electrons. The molecule has 142 valence electrons. The summed E-state index contributed by atoms with van der Waals surface area (Å²) >= 11 is 0. The highest BCUT2D eigenvalue weighted by atomic mass is 16.6. The van der Waals surface area contributed by atoms with Crippen molar-refractivity contribution in [3.63, 3.8) is 0 Å². The van der Waals surface area contributed by atoms with E-state index in [1.54, 1.807) is 24.4 Å². The Bertz CT molecular complexity index is 1090. The Morgan fingerprint density at radius 2 is 1.86 bits per heavy atom. The van der Waals surface area contributed by atoms with Gasteiger partial charge in [0.05, 0.1) is 12.1 Å². The number of aromatic nitrogens is 1. The largest absolute Gasteiger partial charge is 0.486 e. The Balaban J connectivity index is 1.54. The van der Waals surface area contributed by atoms with Gasteiger partial charge in [-0.05, 0) is 30.7 Å². The van der Waals surface area contributed by atoms with Gasteiger partial charge >= 0.3 is 0 Å². The first kappa shape index (κ1) is 17.9. The first-order valence-corrected chi connectivity index (χ1v) is 9.05. The van der Waals surface area contributed by atoms with E-state index < -0.39 is 0 Å². The van der Waals surface area contributed by atoms with Crippen molar-refractivity contribution in [2.45, 2.75) is 13.5 Å². The molecule has 6 heteroatoms. The van der Waals surface area contributed by atoms with Gasteiger partial charge in [0.2, 0.25) is 0 Å². The van der Waals surface area contributed by atoms with Crippen LogP contribution >= 0.6 is 0 Å². The molecule has 0 fully saturated rings. The minimum Gasteiger partial charge on any atom is -0.486 e. The number of rotatable bonds is 4. The van der Waals surface area contributed by atoms with Gasteiger partial charge in [0, 0.05) is 24.0 Å². The number of nitrogens with one attached hydrogen (secondary N) is 1. The second-order valence-corrected chi connectivity index (χ2v) is 6.69. The van der Waals surface area contributed by atoms with E-state index in [-0.39, 0.29) is 11.5 Å². The van der Waals surface area contributed by atoms with E-state index in [1.807, 2.05) is 31.2 Å². The topological polar surface area (TPSA) is 69.6 Å². The third-order valence-electron chi connectivity index (χ3n) is 4.48. The number of pyridine rings is 1. The summed E-state index contributed by atoms with van der Waals surface area (Å²) in [5, 5.41) is 2.84. The number of carbonyl (C=O) groups excluding carboxylic acids is 1. The van der Waals surface area contributed by atoms with Crippen LogP contribution in [0.3, 0.4) is 0 Å². The quantitative estimate of drug-likeness (QED) is 0.759. The molecule has 1 aliphatic heterocycles. The Morgan fingerprint density at radius 1 is 1.04 bits per heavy atom. The molecule has 0 atom stereocenters. The highest BCUT2D eigenvalue weighted by Crippen LogP contribution is 2.32. The highest BCUT2D eigenvalue weighted by Gasteiger charge is 2.14. The van der Waals surface area contributed by atoms with E-state index in [4.69, 9.17) is 9.47 Å². The van der Waals surface area contributed by atoms with Gasteiger partial charge in [-0.15, -0.1) is 0 Å². The summed E-state index contributed by atoms with van der Waals surface area (Å²) in [6.07, 6.45) is 1.58. The molecule has 6 nitrogen and oxygen atoms in total. The monoisotopic (exact) mass is 376 g/mol. The molecule has 0 aliphatic carbocycles. The predicted octanol–water partition coefficient (Wildman–Crippen LogP) is 3.23. The number of aryl methyl sites for hydroxylation is 1. The third kappa shape index (κ3) is 3.91. The van der Waals surface area contributed by atoms with Crippen LogP contribution in [0.2, 0.25) is 0 Å². The fourth-order valence-corrected chi connectivity index (χ4v) is 3.12. The predicted molar refractivity (Wildman–Crippen MR) is 106 cm³/mol. The van der Waals surface area contributed by atoms with Gasteiger partial charge in [-0.3, -0.25) is 9.59 Å². The van der Waals surface area contributed by atoms with Crippen molar-refractivity contribution in [1.29, 1.82) is 0 Å². The lowest BCUT2D eigenvalue weighted by Gasteiger charge is -2.19. The van der Waals surface area contributed by atoms with Crippen LogP contribution in [0.5, 0.6) is 11.5 Å². The van der Waals surface area contributed by atoms with Crippen molar-refractivity contribution in [3.05, 3.63) is 87.8 Å². The van der Waals surface area contributed by atoms with Crippen molar-refractivity contribution >= 4 is 11.6 Å². The van der Waals surface area contributed by atoms with Gasteiger partial charge in [0.15, 0.2) is 11.5 Å². The first-order valence-electron chi connectivity index (χ1n) is 9.05. The number of hydrogen-bond donors (Lipinski definition) is 1. The van der Waals surface area contributed by atoms with Crippen LogP contribution in [0.4, 0.5) is 5.69 Å². The molecule has 4 rings (SSSR count). The number of nitrogens with zero attached hydrogens (tertiary/aromatic N) is 1. The van der Waals surface area contributed by atoms with Crippen LogP contribution in [0.15, 0.2) is 65.6 Å². The van der Waals surface area contributed by atoms with Gasteiger partial charge in [0.1, 0.15) is 13.2 Å². The molecule has 0 saturated heterocycles.